The van der Waals surface area contributed by atoms with E-state index in [1.54, 1.807) is 0 Å². The molecule has 1 aliphatic rings. The van der Waals surface area contributed by atoms with Crippen molar-refractivity contribution in [1.82, 2.24) is 0 Å². The molecule has 0 amide bonds. The van der Waals surface area contributed by atoms with E-state index < -0.39 is 24.2 Å². The summed E-state index contributed by atoms with van der Waals surface area (Å²) in [5.41, 5.74) is -0.111. The number of rotatable bonds is 3. The van der Waals surface area contributed by atoms with Gasteiger partial charge >= 0.3 is 13.0 Å². The SMILES string of the molecule is CC1(C)OB(C(=O)OCc2ccccc2)OC1(C)C. The Hall–Kier alpha value is -1.33. The lowest BCUT2D eigenvalue weighted by Crippen LogP contribution is -2.41. The quantitative estimate of drug-likeness (QED) is 0.785. The third-order valence-corrected chi connectivity index (χ3v) is 3.67. The summed E-state index contributed by atoms with van der Waals surface area (Å²) < 4.78 is 16.4. The average molecular weight is 262 g/mol. The first kappa shape index (κ1) is 14.1. The van der Waals surface area contributed by atoms with Crippen molar-refractivity contribution in [1.29, 1.82) is 0 Å². The maximum absolute atomic E-state index is 11.9. The molecule has 19 heavy (non-hydrogen) atoms. The first-order chi connectivity index (χ1) is 8.82. The fourth-order valence-electron chi connectivity index (χ4n) is 1.74. The smallest absolute Gasteiger partial charge is 0.464 e. The van der Waals surface area contributed by atoms with E-state index >= 15 is 0 Å². The summed E-state index contributed by atoms with van der Waals surface area (Å²) in [5.74, 6) is -0.484. The maximum atomic E-state index is 11.9. The molecular weight excluding hydrogens is 243 g/mol. The second-order valence-corrected chi connectivity index (χ2v) is 5.68. The van der Waals surface area contributed by atoms with Gasteiger partial charge in [0.2, 0.25) is 0 Å². The van der Waals surface area contributed by atoms with Gasteiger partial charge in [0.1, 0.15) is 6.61 Å². The van der Waals surface area contributed by atoms with Crippen molar-refractivity contribution < 1.29 is 18.8 Å². The highest BCUT2D eigenvalue weighted by molar-refractivity contribution is 6.79. The zero-order valence-electron chi connectivity index (χ0n) is 11.8. The molecule has 0 spiro atoms. The van der Waals surface area contributed by atoms with E-state index in [4.69, 9.17) is 14.0 Å². The molecule has 1 aliphatic heterocycles. The maximum Gasteiger partial charge on any atom is 0.585 e. The predicted octanol–water partition coefficient (Wildman–Crippen LogP) is 3.00. The molecule has 0 aliphatic carbocycles. The van der Waals surface area contributed by atoms with Crippen molar-refractivity contribution in [2.75, 3.05) is 0 Å². The molecule has 5 heteroatoms. The number of hydrogen-bond acceptors (Lipinski definition) is 4. The summed E-state index contributed by atoms with van der Waals surface area (Å²) in [7, 11) is -0.950. The van der Waals surface area contributed by atoms with Gasteiger partial charge in [0, 0.05) is 0 Å². The van der Waals surface area contributed by atoms with E-state index in [1.165, 1.54) is 0 Å². The van der Waals surface area contributed by atoms with E-state index in [1.807, 2.05) is 58.0 Å². The van der Waals surface area contributed by atoms with Gasteiger partial charge < -0.3 is 14.0 Å². The minimum absolute atomic E-state index is 0.226. The van der Waals surface area contributed by atoms with Crippen molar-refractivity contribution in [2.45, 2.75) is 45.5 Å². The van der Waals surface area contributed by atoms with Gasteiger partial charge in [0.25, 0.3) is 0 Å². The lowest BCUT2D eigenvalue weighted by molar-refractivity contribution is 0.00578. The van der Waals surface area contributed by atoms with Crippen LogP contribution in [0.1, 0.15) is 33.3 Å². The molecule has 4 nitrogen and oxygen atoms in total. The van der Waals surface area contributed by atoms with Crippen LogP contribution in [0.5, 0.6) is 0 Å². The first-order valence-corrected chi connectivity index (χ1v) is 6.38. The van der Waals surface area contributed by atoms with Crippen LogP contribution in [0.2, 0.25) is 0 Å². The molecule has 1 heterocycles. The second kappa shape index (κ2) is 4.98. The van der Waals surface area contributed by atoms with E-state index in [2.05, 4.69) is 0 Å². The fourth-order valence-corrected chi connectivity index (χ4v) is 1.74. The minimum Gasteiger partial charge on any atom is -0.464 e. The third-order valence-electron chi connectivity index (χ3n) is 3.67. The summed E-state index contributed by atoms with van der Waals surface area (Å²) in [6.45, 7) is 7.83. The van der Waals surface area contributed by atoms with Crippen LogP contribution in [0.3, 0.4) is 0 Å². The largest absolute Gasteiger partial charge is 0.585 e. The van der Waals surface area contributed by atoms with Crippen LogP contribution in [0.15, 0.2) is 30.3 Å². The van der Waals surface area contributed by atoms with Gasteiger partial charge in [-0.15, -0.1) is 0 Å². The fraction of sp³-hybridized carbons (Fsp3) is 0.500. The highest BCUT2D eigenvalue weighted by Crippen LogP contribution is 2.37. The van der Waals surface area contributed by atoms with Crippen LogP contribution in [-0.2, 0) is 20.7 Å². The molecule has 0 bridgehead atoms. The van der Waals surface area contributed by atoms with Gasteiger partial charge in [0.05, 0.1) is 11.2 Å². The molecule has 0 atom stereocenters. The van der Waals surface area contributed by atoms with Crippen molar-refractivity contribution >= 4 is 13.0 Å². The van der Waals surface area contributed by atoms with Gasteiger partial charge in [-0.25, -0.2) is 0 Å². The predicted molar refractivity (Wildman–Crippen MR) is 72.7 cm³/mol. The minimum atomic E-state index is -0.950. The summed E-state index contributed by atoms with van der Waals surface area (Å²) >= 11 is 0. The van der Waals surface area contributed by atoms with Gasteiger partial charge in [-0.1, -0.05) is 30.3 Å². The second-order valence-electron chi connectivity index (χ2n) is 5.68. The molecule has 0 aromatic heterocycles. The first-order valence-electron chi connectivity index (χ1n) is 6.38. The molecule has 1 fully saturated rings. The Morgan fingerprint density at radius 3 is 2.16 bits per heavy atom. The summed E-state index contributed by atoms with van der Waals surface area (Å²) in [6, 6.07) is 9.52. The van der Waals surface area contributed by atoms with Crippen molar-refractivity contribution in [3.05, 3.63) is 35.9 Å². The standard InChI is InChI=1S/C14H19BO4/c1-13(2)14(3,4)19-15(18-13)12(16)17-10-11-8-6-5-7-9-11/h5-9H,10H2,1-4H3. The molecule has 0 N–H and O–H groups in total. The molecule has 1 aromatic rings. The molecule has 0 radical (unpaired) electrons. The number of benzene rings is 1. The Balaban J connectivity index is 1.92. The van der Waals surface area contributed by atoms with E-state index in [-0.39, 0.29) is 6.61 Å². The van der Waals surface area contributed by atoms with Gasteiger partial charge in [-0.3, -0.25) is 4.79 Å². The van der Waals surface area contributed by atoms with Gasteiger partial charge in [0.15, 0.2) is 0 Å². The highest BCUT2D eigenvalue weighted by Gasteiger charge is 2.55. The molecular formula is C14H19BO4. The van der Waals surface area contributed by atoms with E-state index in [0.717, 1.165) is 5.56 Å². The molecule has 2 rings (SSSR count). The lowest BCUT2D eigenvalue weighted by Gasteiger charge is -2.32. The molecule has 0 saturated carbocycles. The van der Waals surface area contributed by atoms with Crippen LogP contribution in [-0.4, -0.2) is 24.2 Å². The topological polar surface area (TPSA) is 44.8 Å². The number of carbonyl (C=O) groups excluding carboxylic acids is 1. The van der Waals surface area contributed by atoms with Crippen LogP contribution in [0, 0.1) is 0 Å². The van der Waals surface area contributed by atoms with Crippen molar-refractivity contribution in [3.8, 4) is 0 Å². The molecule has 102 valence electrons. The Morgan fingerprint density at radius 2 is 1.63 bits per heavy atom. The van der Waals surface area contributed by atoms with Crippen LogP contribution in [0.25, 0.3) is 0 Å². The van der Waals surface area contributed by atoms with E-state index in [9.17, 15) is 4.79 Å². The molecule has 0 unspecified atom stereocenters. The Kier molecular flexibility index (Phi) is 3.70. The van der Waals surface area contributed by atoms with Crippen LogP contribution in [0.4, 0.5) is 4.79 Å². The zero-order chi connectivity index (χ0) is 14.1. The Morgan fingerprint density at radius 1 is 1.11 bits per heavy atom. The number of ether oxygens (including phenoxy) is 1. The zero-order valence-corrected chi connectivity index (χ0v) is 11.8. The number of carbonyl (C=O) groups is 1. The summed E-state index contributed by atoms with van der Waals surface area (Å²) in [4.78, 5) is 11.9. The van der Waals surface area contributed by atoms with Crippen LogP contribution >= 0.6 is 0 Å². The third kappa shape index (κ3) is 2.99. The summed E-state index contributed by atoms with van der Waals surface area (Å²) in [5, 5.41) is 0. The van der Waals surface area contributed by atoms with E-state index in [0.29, 0.717) is 0 Å². The van der Waals surface area contributed by atoms with Gasteiger partial charge in [-0.05, 0) is 33.3 Å². The monoisotopic (exact) mass is 262 g/mol. The lowest BCUT2D eigenvalue weighted by atomic mass is 9.90. The van der Waals surface area contributed by atoms with Gasteiger partial charge in [-0.2, -0.15) is 0 Å². The molecule has 1 aromatic carbocycles. The van der Waals surface area contributed by atoms with Crippen LogP contribution < -0.4 is 0 Å². The Labute approximate surface area is 114 Å². The van der Waals surface area contributed by atoms with Crippen molar-refractivity contribution in [3.63, 3.8) is 0 Å². The normalized spacial score (nSPS) is 20.3. The summed E-state index contributed by atoms with van der Waals surface area (Å²) in [6.07, 6.45) is 0. The number of hydrogen-bond donors (Lipinski definition) is 0. The average Bonchev–Trinajstić information content (AvgIpc) is 2.57. The van der Waals surface area contributed by atoms with Crippen molar-refractivity contribution in [2.24, 2.45) is 0 Å². The Bertz CT molecular complexity index is 440. The highest BCUT2D eigenvalue weighted by atomic mass is 16.7. The molecule has 1 saturated heterocycles.